The summed E-state index contributed by atoms with van der Waals surface area (Å²) in [4.78, 5) is 12.1. The van der Waals surface area contributed by atoms with Crippen molar-refractivity contribution in [3.05, 3.63) is 34.6 Å². The first-order valence-electron chi connectivity index (χ1n) is 6.94. The van der Waals surface area contributed by atoms with Crippen LogP contribution in [-0.4, -0.2) is 18.5 Å². The van der Waals surface area contributed by atoms with Gasteiger partial charge in [-0.05, 0) is 23.1 Å². The van der Waals surface area contributed by atoms with Crippen LogP contribution in [0.5, 0.6) is 0 Å². The van der Waals surface area contributed by atoms with E-state index in [4.69, 9.17) is 17.3 Å². The summed E-state index contributed by atoms with van der Waals surface area (Å²) in [7, 11) is 0. The second-order valence-corrected chi connectivity index (χ2v) is 7.48. The van der Waals surface area contributed by atoms with Gasteiger partial charge in [-0.15, -0.1) is 0 Å². The Balaban J connectivity index is 2.80. The number of rotatable bonds is 4. The number of nitrogens with one attached hydrogen (secondary N) is 1. The van der Waals surface area contributed by atoms with E-state index in [0.29, 0.717) is 11.6 Å². The van der Waals surface area contributed by atoms with Gasteiger partial charge in [-0.25, -0.2) is 4.39 Å². The van der Waals surface area contributed by atoms with Crippen molar-refractivity contribution in [3.63, 3.8) is 0 Å². The van der Waals surface area contributed by atoms with Gasteiger partial charge in [-0.1, -0.05) is 52.3 Å². The van der Waals surface area contributed by atoms with Gasteiger partial charge in [-0.3, -0.25) is 4.79 Å². The van der Waals surface area contributed by atoms with Crippen molar-refractivity contribution in [1.29, 1.82) is 0 Å². The summed E-state index contributed by atoms with van der Waals surface area (Å²) in [5.41, 5.74) is 5.99. The molecule has 0 unspecified atom stereocenters. The average Bonchev–Trinajstić information content (AvgIpc) is 2.33. The molecule has 1 aromatic carbocycles. The fourth-order valence-electron chi connectivity index (χ4n) is 1.94. The third kappa shape index (κ3) is 4.68. The van der Waals surface area contributed by atoms with E-state index in [0.717, 1.165) is 5.56 Å². The van der Waals surface area contributed by atoms with E-state index in [1.165, 1.54) is 12.1 Å². The fraction of sp³-hybridized carbons (Fsp3) is 0.562. The molecule has 0 aliphatic rings. The highest BCUT2D eigenvalue weighted by atomic mass is 35.5. The number of amides is 1. The van der Waals surface area contributed by atoms with Crippen molar-refractivity contribution in [1.82, 2.24) is 5.32 Å². The molecule has 118 valence electrons. The zero-order valence-corrected chi connectivity index (χ0v) is 14.0. The van der Waals surface area contributed by atoms with Crippen molar-refractivity contribution in [2.24, 2.45) is 11.1 Å². The third-order valence-corrected chi connectivity index (χ3v) is 3.89. The smallest absolute Gasteiger partial charge is 0.237 e. The van der Waals surface area contributed by atoms with Gasteiger partial charge in [0.1, 0.15) is 5.82 Å². The minimum Gasteiger partial charge on any atom is -0.354 e. The van der Waals surface area contributed by atoms with Crippen molar-refractivity contribution in [2.75, 3.05) is 6.54 Å². The Morgan fingerprint density at radius 2 is 1.90 bits per heavy atom. The number of benzene rings is 1. The standard InChI is InChI=1S/C16H24ClFN2O/c1-15(2,3)13(19)14(21)20-9-16(4,5)11-7-6-10(18)8-12(11)17/h6-8,13H,9,19H2,1-5H3,(H,20,21)/t13-/m1/s1. The van der Waals surface area contributed by atoms with Crippen molar-refractivity contribution >= 4 is 17.5 Å². The van der Waals surface area contributed by atoms with Crippen LogP contribution in [0.15, 0.2) is 18.2 Å². The van der Waals surface area contributed by atoms with Gasteiger partial charge in [0, 0.05) is 17.0 Å². The molecule has 3 N–H and O–H groups in total. The summed E-state index contributed by atoms with van der Waals surface area (Å²) in [5.74, 6) is -0.577. The fourth-order valence-corrected chi connectivity index (χ4v) is 2.37. The monoisotopic (exact) mass is 314 g/mol. The molecule has 0 saturated carbocycles. The normalized spacial score (nSPS) is 13.9. The van der Waals surface area contributed by atoms with Crippen molar-refractivity contribution < 1.29 is 9.18 Å². The molecule has 0 aliphatic heterocycles. The maximum Gasteiger partial charge on any atom is 0.237 e. The zero-order chi connectivity index (χ0) is 16.4. The SMILES string of the molecule is CC(C)(CNC(=O)[C@@H](N)C(C)(C)C)c1ccc(F)cc1Cl. The summed E-state index contributed by atoms with van der Waals surface area (Å²) in [6.45, 7) is 10.0. The van der Waals surface area contributed by atoms with Crippen molar-refractivity contribution in [2.45, 2.75) is 46.1 Å². The summed E-state index contributed by atoms with van der Waals surface area (Å²) in [5, 5.41) is 3.21. The van der Waals surface area contributed by atoms with Gasteiger partial charge in [0.2, 0.25) is 5.91 Å². The van der Waals surface area contributed by atoms with Crippen LogP contribution >= 0.6 is 11.6 Å². The first-order chi connectivity index (χ1) is 9.45. The lowest BCUT2D eigenvalue weighted by Gasteiger charge is -2.30. The molecule has 0 aliphatic carbocycles. The number of carbonyl (C=O) groups excluding carboxylic acids is 1. The van der Waals surface area contributed by atoms with E-state index in [1.54, 1.807) is 6.07 Å². The average molecular weight is 315 g/mol. The molecule has 1 rings (SSSR count). The highest BCUT2D eigenvalue weighted by Crippen LogP contribution is 2.30. The quantitative estimate of drug-likeness (QED) is 0.896. The van der Waals surface area contributed by atoms with Crippen LogP contribution in [-0.2, 0) is 10.2 Å². The van der Waals surface area contributed by atoms with Gasteiger partial charge >= 0.3 is 0 Å². The topological polar surface area (TPSA) is 55.1 Å². The first kappa shape index (κ1) is 17.9. The molecule has 0 heterocycles. The molecule has 3 nitrogen and oxygen atoms in total. The summed E-state index contributed by atoms with van der Waals surface area (Å²) < 4.78 is 13.1. The molecule has 0 bridgehead atoms. The lowest BCUT2D eigenvalue weighted by Crippen LogP contribution is -2.50. The lowest BCUT2D eigenvalue weighted by atomic mass is 9.83. The summed E-state index contributed by atoms with van der Waals surface area (Å²) >= 11 is 6.09. The summed E-state index contributed by atoms with van der Waals surface area (Å²) in [6, 6.07) is 3.71. The Morgan fingerprint density at radius 1 is 1.33 bits per heavy atom. The van der Waals surface area contributed by atoms with Gasteiger partial charge in [0.05, 0.1) is 6.04 Å². The molecule has 0 saturated heterocycles. The zero-order valence-electron chi connectivity index (χ0n) is 13.3. The molecule has 0 fully saturated rings. The maximum absolute atomic E-state index is 13.1. The van der Waals surface area contributed by atoms with E-state index < -0.39 is 11.5 Å². The second kappa shape index (κ2) is 6.32. The van der Waals surface area contributed by atoms with Gasteiger partial charge in [-0.2, -0.15) is 0 Å². The number of carbonyl (C=O) groups is 1. The minimum absolute atomic E-state index is 0.200. The Labute approximate surface area is 131 Å². The summed E-state index contributed by atoms with van der Waals surface area (Å²) in [6.07, 6.45) is 0. The van der Waals surface area contributed by atoms with Crippen LogP contribution in [0.3, 0.4) is 0 Å². The van der Waals surface area contributed by atoms with Gasteiger partial charge in [0.25, 0.3) is 0 Å². The van der Waals surface area contributed by atoms with Gasteiger partial charge in [0.15, 0.2) is 0 Å². The van der Waals surface area contributed by atoms with Crippen LogP contribution < -0.4 is 11.1 Å². The van der Waals surface area contributed by atoms with Gasteiger partial charge < -0.3 is 11.1 Å². The van der Waals surface area contributed by atoms with E-state index in [1.807, 2.05) is 34.6 Å². The molecule has 21 heavy (non-hydrogen) atoms. The van der Waals surface area contributed by atoms with Crippen LogP contribution in [0.2, 0.25) is 5.02 Å². The molecule has 0 aromatic heterocycles. The third-order valence-electron chi connectivity index (χ3n) is 3.58. The van der Waals surface area contributed by atoms with Crippen molar-refractivity contribution in [3.8, 4) is 0 Å². The molecular weight excluding hydrogens is 291 g/mol. The molecule has 1 atom stereocenters. The molecular formula is C16H24ClFN2O. The highest BCUT2D eigenvalue weighted by molar-refractivity contribution is 6.31. The van der Waals surface area contributed by atoms with Crippen LogP contribution in [0.25, 0.3) is 0 Å². The minimum atomic E-state index is -0.586. The molecule has 0 spiro atoms. The predicted molar refractivity (Wildman–Crippen MR) is 84.9 cm³/mol. The molecule has 5 heteroatoms. The van der Waals surface area contributed by atoms with Crippen LogP contribution in [0.4, 0.5) is 4.39 Å². The lowest BCUT2D eigenvalue weighted by molar-refractivity contribution is -0.124. The van der Waals surface area contributed by atoms with E-state index in [2.05, 4.69) is 5.32 Å². The van der Waals surface area contributed by atoms with E-state index in [-0.39, 0.29) is 17.1 Å². The second-order valence-electron chi connectivity index (χ2n) is 7.07. The van der Waals surface area contributed by atoms with Crippen LogP contribution in [0, 0.1) is 11.2 Å². The Hall–Kier alpha value is -1.13. The number of hydrogen-bond acceptors (Lipinski definition) is 2. The van der Waals surface area contributed by atoms with Crippen LogP contribution in [0.1, 0.15) is 40.2 Å². The Bertz CT molecular complexity index is 523. The number of nitrogens with two attached hydrogens (primary N) is 1. The van der Waals surface area contributed by atoms with E-state index in [9.17, 15) is 9.18 Å². The molecule has 1 amide bonds. The van der Waals surface area contributed by atoms with E-state index >= 15 is 0 Å². The Morgan fingerprint density at radius 3 is 2.38 bits per heavy atom. The number of hydrogen-bond donors (Lipinski definition) is 2. The number of halogens is 2. The molecule has 1 aromatic rings. The maximum atomic E-state index is 13.1. The first-order valence-corrected chi connectivity index (χ1v) is 7.32. The molecule has 0 radical (unpaired) electrons. The largest absolute Gasteiger partial charge is 0.354 e. The highest BCUT2D eigenvalue weighted by Gasteiger charge is 2.30. The Kier molecular flexibility index (Phi) is 5.40. The predicted octanol–water partition coefficient (Wildman–Crippen LogP) is 3.25.